The Hall–Kier alpha value is -1.68. The lowest BCUT2D eigenvalue weighted by atomic mass is 10.1. The minimum atomic E-state index is -3.81. The van der Waals surface area contributed by atoms with Gasteiger partial charge in [-0.1, -0.05) is 25.2 Å². The van der Waals surface area contributed by atoms with Gasteiger partial charge < -0.3 is 10.3 Å². The summed E-state index contributed by atoms with van der Waals surface area (Å²) < 4.78 is 28.2. The van der Waals surface area contributed by atoms with Gasteiger partial charge >= 0.3 is 0 Å². The van der Waals surface area contributed by atoms with Gasteiger partial charge in [-0.15, -0.1) is 10.2 Å². The fraction of sp³-hybridized carbons (Fsp3) is 0.500. The second-order valence-corrected chi connectivity index (χ2v) is 7.41. The smallest absolute Gasteiger partial charge is 0.283 e. The lowest BCUT2D eigenvalue weighted by molar-refractivity contribution is 0.591. The molecule has 0 saturated heterocycles. The van der Waals surface area contributed by atoms with Gasteiger partial charge in [0.1, 0.15) is 5.01 Å². The minimum absolute atomic E-state index is 0.0491. The van der Waals surface area contributed by atoms with Gasteiger partial charge in [0.05, 0.1) is 6.33 Å². The second kappa shape index (κ2) is 5.37. The predicted octanol–water partition coefficient (Wildman–Crippen LogP) is 0.853. The van der Waals surface area contributed by atoms with Crippen LogP contribution in [-0.4, -0.2) is 28.2 Å². The fourth-order valence-electron chi connectivity index (χ4n) is 1.65. The molecule has 0 aliphatic heterocycles. The highest BCUT2D eigenvalue weighted by Gasteiger charge is 2.24. The largest absolute Gasteiger partial charge is 0.381 e. The van der Waals surface area contributed by atoms with E-state index in [0.717, 1.165) is 11.4 Å². The Morgan fingerprint density at radius 1 is 1.45 bits per heavy atom. The molecule has 2 rings (SSSR count). The van der Waals surface area contributed by atoms with E-state index in [-0.39, 0.29) is 16.0 Å². The van der Waals surface area contributed by atoms with Crippen molar-refractivity contribution >= 4 is 32.3 Å². The maximum atomic E-state index is 12.2. The van der Waals surface area contributed by atoms with Crippen LogP contribution in [0.1, 0.15) is 18.9 Å². The summed E-state index contributed by atoms with van der Waals surface area (Å²) in [5.41, 5.74) is 5.57. The summed E-state index contributed by atoms with van der Waals surface area (Å²) in [6.07, 6.45) is 2.10. The number of imidazole rings is 1. The van der Waals surface area contributed by atoms with Crippen LogP contribution < -0.4 is 10.5 Å². The Bertz CT molecular complexity index is 684. The normalized spacial score (nSPS) is 12.0. The molecule has 0 aliphatic rings. The lowest BCUT2D eigenvalue weighted by Crippen LogP contribution is -2.17. The van der Waals surface area contributed by atoms with Crippen LogP contribution >= 0.6 is 11.3 Å². The third kappa shape index (κ3) is 3.07. The monoisotopic (exact) mass is 316 g/mol. The maximum Gasteiger partial charge on any atom is 0.283 e. The van der Waals surface area contributed by atoms with Gasteiger partial charge in [-0.2, -0.15) is 8.42 Å². The average Bonchev–Trinajstić information content (AvgIpc) is 2.85. The third-order valence-electron chi connectivity index (χ3n) is 2.44. The molecule has 0 bridgehead atoms. The first-order valence-corrected chi connectivity index (χ1v) is 8.21. The maximum absolute atomic E-state index is 12.2. The van der Waals surface area contributed by atoms with Crippen LogP contribution in [-0.2, 0) is 23.5 Å². The van der Waals surface area contributed by atoms with Gasteiger partial charge in [0.15, 0.2) is 10.8 Å². The Labute approximate surface area is 121 Å². The number of aryl methyl sites for hydroxylation is 1. The van der Waals surface area contributed by atoms with E-state index in [1.807, 2.05) is 0 Å². The highest BCUT2D eigenvalue weighted by molar-refractivity contribution is 7.93. The number of nitrogens with zero attached hydrogens (tertiary/aromatic N) is 4. The number of sulfonamides is 1. The number of rotatable bonds is 5. The van der Waals surface area contributed by atoms with Crippen molar-refractivity contribution in [2.75, 3.05) is 10.5 Å². The fourth-order valence-corrected chi connectivity index (χ4v) is 4.07. The van der Waals surface area contributed by atoms with E-state index < -0.39 is 10.0 Å². The Morgan fingerprint density at radius 2 is 2.15 bits per heavy atom. The molecule has 2 aromatic rings. The number of hydrogen-bond donors (Lipinski definition) is 2. The van der Waals surface area contributed by atoms with Crippen LogP contribution in [0, 0.1) is 5.92 Å². The molecule has 20 heavy (non-hydrogen) atoms. The number of nitrogens with two attached hydrogens (primary N) is 1. The highest BCUT2D eigenvalue weighted by atomic mass is 32.2. The molecular formula is C10H16N6O2S2. The third-order valence-corrected chi connectivity index (χ3v) is 4.89. The molecule has 8 nitrogen and oxygen atoms in total. The number of nitrogens with one attached hydrogen (secondary N) is 1. The van der Waals surface area contributed by atoms with Crippen molar-refractivity contribution in [3.63, 3.8) is 0 Å². The van der Waals surface area contributed by atoms with Gasteiger partial charge in [-0.05, 0) is 5.92 Å². The summed E-state index contributed by atoms with van der Waals surface area (Å²) in [6, 6.07) is 0. The molecule has 0 radical (unpaired) electrons. The quantitative estimate of drug-likeness (QED) is 0.845. The summed E-state index contributed by atoms with van der Waals surface area (Å²) >= 11 is 1.21. The van der Waals surface area contributed by atoms with Gasteiger partial charge in [0.25, 0.3) is 10.0 Å². The first-order valence-electron chi connectivity index (χ1n) is 5.91. The van der Waals surface area contributed by atoms with E-state index in [9.17, 15) is 8.42 Å². The Kier molecular flexibility index (Phi) is 3.95. The van der Waals surface area contributed by atoms with E-state index in [1.165, 1.54) is 22.2 Å². The summed E-state index contributed by atoms with van der Waals surface area (Å²) in [4.78, 5) is 3.76. The number of nitrogen functional groups attached to an aromatic ring is 1. The first kappa shape index (κ1) is 14.7. The van der Waals surface area contributed by atoms with Crippen LogP contribution in [0.5, 0.6) is 0 Å². The molecule has 0 amide bonds. The SMILES string of the molecule is CC(C)Cc1nnc(NS(=O)(=O)c2c(N)ncn2C)s1. The summed E-state index contributed by atoms with van der Waals surface area (Å²) in [5, 5.41) is 8.71. The minimum Gasteiger partial charge on any atom is -0.381 e. The van der Waals surface area contributed by atoms with Crippen molar-refractivity contribution in [3.8, 4) is 0 Å². The van der Waals surface area contributed by atoms with Crippen molar-refractivity contribution < 1.29 is 8.42 Å². The lowest BCUT2D eigenvalue weighted by Gasteiger charge is -2.05. The standard InChI is InChI=1S/C10H16N6O2S2/c1-6(2)4-7-13-14-10(19-7)15-20(17,18)9-8(11)12-5-16(9)3/h5-6H,4,11H2,1-3H3,(H,14,15). The van der Waals surface area contributed by atoms with Gasteiger partial charge in [-0.25, -0.2) is 4.98 Å². The molecule has 0 atom stereocenters. The number of aromatic nitrogens is 4. The van der Waals surface area contributed by atoms with E-state index in [4.69, 9.17) is 5.73 Å². The van der Waals surface area contributed by atoms with E-state index in [0.29, 0.717) is 5.92 Å². The topological polar surface area (TPSA) is 116 Å². The average molecular weight is 316 g/mol. The Morgan fingerprint density at radius 3 is 2.70 bits per heavy atom. The first-order chi connectivity index (χ1) is 9.29. The molecular weight excluding hydrogens is 300 g/mol. The molecule has 0 fully saturated rings. The summed E-state index contributed by atoms with van der Waals surface area (Å²) in [7, 11) is -2.26. The van der Waals surface area contributed by atoms with Gasteiger partial charge in [0, 0.05) is 13.5 Å². The van der Waals surface area contributed by atoms with Crippen LogP contribution in [0.4, 0.5) is 10.9 Å². The van der Waals surface area contributed by atoms with Crippen LogP contribution in [0.25, 0.3) is 0 Å². The zero-order valence-corrected chi connectivity index (χ0v) is 13.0. The molecule has 10 heteroatoms. The van der Waals surface area contributed by atoms with Gasteiger partial charge in [-0.3, -0.25) is 4.72 Å². The molecule has 0 unspecified atom stereocenters. The van der Waals surface area contributed by atoms with E-state index >= 15 is 0 Å². The number of anilines is 2. The molecule has 0 spiro atoms. The highest BCUT2D eigenvalue weighted by Crippen LogP contribution is 2.23. The van der Waals surface area contributed by atoms with Crippen LogP contribution in [0.3, 0.4) is 0 Å². The Balaban J connectivity index is 2.23. The molecule has 110 valence electrons. The zero-order valence-electron chi connectivity index (χ0n) is 11.4. The molecule has 2 heterocycles. The summed E-state index contributed by atoms with van der Waals surface area (Å²) in [6.45, 7) is 4.11. The van der Waals surface area contributed by atoms with Crippen molar-refractivity contribution in [1.29, 1.82) is 0 Å². The summed E-state index contributed by atoms with van der Waals surface area (Å²) in [5.74, 6) is 0.382. The molecule has 3 N–H and O–H groups in total. The van der Waals surface area contributed by atoms with Crippen molar-refractivity contribution in [2.45, 2.75) is 25.3 Å². The molecule has 2 aromatic heterocycles. The van der Waals surface area contributed by atoms with E-state index in [2.05, 4.69) is 33.8 Å². The van der Waals surface area contributed by atoms with Crippen molar-refractivity contribution in [1.82, 2.24) is 19.7 Å². The predicted molar refractivity (Wildman–Crippen MR) is 76.9 cm³/mol. The van der Waals surface area contributed by atoms with Crippen molar-refractivity contribution in [3.05, 3.63) is 11.3 Å². The van der Waals surface area contributed by atoms with Gasteiger partial charge in [0.2, 0.25) is 5.13 Å². The molecule has 0 saturated carbocycles. The second-order valence-electron chi connectivity index (χ2n) is 4.75. The van der Waals surface area contributed by atoms with Crippen LogP contribution in [0.2, 0.25) is 0 Å². The number of hydrogen-bond acceptors (Lipinski definition) is 7. The molecule has 0 aromatic carbocycles. The van der Waals surface area contributed by atoms with E-state index in [1.54, 1.807) is 7.05 Å². The van der Waals surface area contributed by atoms with Crippen LogP contribution in [0.15, 0.2) is 11.4 Å². The zero-order chi connectivity index (χ0) is 14.9. The molecule has 0 aliphatic carbocycles. The van der Waals surface area contributed by atoms with Crippen molar-refractivity contribution in [2.24, 2.45) is 13.0 Å².